The lowest BCUT2D eigenvalue weighted by Crippen LogP contribution is -2.46. The molecule has 2 fully saturated rings. The van der Waals surface area contributed by atoms with Gasteiger partial charge in [0.05, 0.1) is 12.5 Å². The summed E-state index contributed by atoms with van der Waals surface area (Å²) in [5.41, 5.74) is 0.227. The molecular formula is C24H28F3NO3. The number of alkyl halides is 3. The van der Waals surface area contributed by atoms with E-state index in [1.165, 1.54) is 12.1 Å². The summed E-state index contributed by atoms with van der Waals surface area (Å²) < 4.78 is 47.8. The van der Waals surface area contributed by atoms with E-state index in [4.69, 9.17) is 9.84 Å². The minimum Gasteiger partial charge on any atom is -0.490 e. The Balaban J connectivity index is 1.53. The molecule has 168 valence electrons. The summed E-state index contributed by atoms with van der Waals surface area (Å²) >= 11 is 0. The van der Waals surface area contributed by atoms with Crippen molar-refractivity contribution in [2.75, 3.05) is 13.1 Å². The molecule has 4 rings (SSSR count). The molecule has 0 amide bonds. The molecule has 0 radical (unpaired) electrons. The number of fused-ring (bicyclic) bond motifs is 1. The maximum atomic E-state index is 14.0. The Morgan fingerprint density at radius 1 is 1.13 bits per heavy atom. The quantitative estimate of drug-likeness (QED) is 0.630. The molecule has 1 aliphatic carbocycles. The summed E-state index contributed by atoms with van der Waals surface area (Å²) in [4.78, 5) is 12.9. The predicted molar refractivity (Wildman–Crippen MR) is 112 cm³/mol. The summed E-state index contributed by atoms with van der Waals surface area (Å²) in [5.74, 6) is -0.123. The van der Waals surface area contributed by atoms with Gasteiger partial charge in [-0.1, -0.05) is 25.1 Å². The zero-order valence-electron chi connectivity index (χ0n) is 17.6. The van der Waals surface area contributed by atoms with Crippen molar-refractivity contribution in [3.63, 3.8) is 0 Å². The number of hydrogen-bond donors (Lipinski definition) is 1. The van der Waals surface area contributed by atoms with Crippen LogP contribution in [0.5, 0.6) is 5.75 Å². The van der Waals surface area contributed by atoms with Gasteiger partial charge in [-0.05, 0) is 66.0 Å². The second kappa shape index (κ2) is 8.69. The average molecular weight is 435 g/mol. The molecule has 1 aliphatic heterocycles. The smallest absolute Gasteiger partial charge is 0.420 e. The molecular weight excluding hydrogens is 407 g/mol. The van der Waals surface area contributed by atoms with Crippen molar-refractivity contribution >= 4 is 16.7 Å². The molecule has 0 atom stereocenters. The number of halogens is 3. The molecule has 0 aromatic heterocycles. The zero-order valence-corrected chi connectivity index (χ0v) is 17.6. The van der Waals surface area contributed by atoms with Gasteiger partial charge in [0.15, 0.2) is 0 Å². The highest BCUT2D eigenvalue weighted by atomic mass is 19.4. The third kappa shape index (κ3) is 5.14. The molecule has 0 spiro atoms. The Labute approximate surface area is 180 Å². The van der Waals surface area contributed by atoms with Crippen LogP contribution in [0.3, 0.4) is 0 Å². The van der Waals surface area contributed by atoms with Crippen LogP contribution in [-0.2, 0) is 17.5 Å². The lowest BCUT2D eigenvalue weighted by atomic mass is 9.89. The number of benzene rings is 2. The van der Waals surface area contributed by atoms with Crippen LogP contribution in [0.1, 0.15) is 50.2 Å². The Morgan fingerprint density at radius 2 is 1.84 bits per heavy atom. The molecule has 1 saturated carbocycles. The van der Waals surface area contributed by atoms with Crippen molar-refractivity contribution < 1.29 is 27.8 Å². The van der Waals surface area contributed by atoms with E-state index in [2.05, 4.69) is 11.8 Å². The molecule has 0 bridgehead atoms. The molecule has 1 N–H and O–H groups in total. The maximum absolute atomic E-state index is 14.0. The molecule has 31 heavy (non-hydrogen) atoms. The number of carbonyl (C=O) groups is 1. The second-order valence-electron chi connectivity index (χ2n) is 9.15. The first kappa shape index (κ1) is 21.9. The number of aliphatic carboxylic acids is 1. The highest BCUT2D eigenvalue weighted by Gasteiger charge is 2.37. The van der Waals surface area contributed by atoms with Crippen molar-refractivity contribution in [2.24, 2.45) is 11.8 Å². The number of nitrogens with zero attached hydrogens (tertiary/aromatic N) is 1. The minimum atomic E-state index is -4.50. The van der Waals surface area contributed by atoms with Crippen LogP contribution >= 0.6 is 0 Å². The summed E-state index contributed by atoms with van der Waals surface area (Å²) in [6.45, 7) is 4.17. The first-order valence-electron chi connectivity index (χ1n) is 10.9. The van der Waals surface area contributed by atoms with E-state index in [0.717, 1.165) is 31.2 Å². The lowest BCUT2D eigenvalue weighted by molar-refractivity contribution is -0.140. The van der Waals surface area contributed by atoms with Gasteiger partial charge in [0.2, 0.25) is 0 Å². The van der Waals surface area contributed by atoms with Crippen molar-refractivity contribution in [1.82, 2.24) is 4.90 Å². The van der Waals surface area contributed by atoms with Gasteiger partial charge in [-0.15, -0.1) is 0 Å². The van der Waals surface area contributed by atoms with E-state index in [-0.39, 0.29) is 29.6 Å². The summed E-state index contributed by atoms with van der Waals surface area (Å²) in [7, 11) is 0. The molecule has 7 heteroatoms. The summed E-state index contributed by atoms with van der Waals surface area (Å²) in [5, 5.41) is 9.55. The fraction of sp³-hybridized carbons (Fsp3) is 0.542. The van der Waals surface area contributed by atoms with E-state index in [9.17, 15) is 18.0 Å². The van der Waals surface area contributed by atoms with Crippen LogP contribution in [0.25, 0.3) is 10.8 Å². The summed E-state index contributed by atoms with van der Waals surface area (Å²) in [6.07, 6.45) is -0.979. The fourth-order valence-electron chi connectivity index (χ4n) is 4.82. The Kier molecular flexibility index (Phi) is 6.15. The second-order valence-corrected chi connectivity index (χ2v) is 9.15. The largest absolute Gasteiger partial charge is 0.490 e. The first-order valence-corrected chi connectivity index (χ1v) is 10.9. The number of hydrogen-bond acceptors (Lipinski definition) is 3. The van der Waals surface area contributed by atoms with Crippen LogP contribution in [0.4, 0.5) is 13.2 Å². The molecule has 1 saturated heterocycles. The number of carboxylic acids is 1. The molecule has 1 heterocycles. The number of rotatable bonds is 6. The van der Waals surface area contributed by atoms with E-state index in [1.54, 1.807) is 18.2 Å². The van der Waals surface area contributed by atoms with Gasteiger partial charge >= 0.3 is 12.1 Å². The lowest BCUT2D eigenvalue weighted by Gasteiger charge is -2.38. The fourth-order valence-corrected chi connectivity index (χ4v) is 4.82. The van der Waals surface area contributed by atoms with Gasteiger partial charge in [-0.25, -0.2) is 0 Å². The Morgan fingerprint density at radius 3 is 2.48 bits per heavy atom. The van der Waals surface area contributed by atoms with Crippen LogP contribution in [-0.4, -0.2) is 35.2 Å². The summed E-state index contributed by atoms with van der Waals surface area (Å²) in [6, 6.07) is 8.23. The van der Waals surface area contributed by atoms with Gasteiger partial charge < -0.3 is 9.84 Å². The topological polar surface area (TPSA) is 49.8 Å². The van der Waals surface area contributed by atoms with Crippen LogP contribution in [0.2, 0.25) is 0 Å². The van der Waals surface area contributed by atoms with Crippen LogP contribution in [0, 0.1) is 11.8 Å². The normalized spacial score (nSPS) is 23.0. The van der Waals surface area contributed by atoms with Crippen molar-refractivity contribution in [3.05, 3.63) is 41.5 Å². The number of carboxylic acid groups (broad SMARTS) is 1. The molecule has 4 nitrogen and oxygen atoms in total. The van der Waals surface area contributed by atoms with Gasteiger partial charge in [-0.3, -0.25) is 9.69 Å². The molecule has 0 unspecified atom stereocenters. The highest BCUT2D eigenvalue weighted by molar-refractivity contribution is 5.89. The monoisotopic (exact) mass is 435 g/mol. The van der Waals surface area contributed by atoms with Crippen molar-refractivity contribution in [3.8, 4) is 5.75 Å². The van der Waals surface area contributed by atoms with Gasteiger partial charge in [0.25, 0.3) is 0 Å². The van der Waals surface area contributed by atoms with E-state index in [0.29, 0.717) is 30.9 Å². The number of ether oxygens (including phenoxy) is 1. The van der Waals surface area contributed by atoms with Crippen LogP contribution in [0.15, 0.2) is 30.3 Å². The highest BCUT2D eigenvalue weighted by Crippen LogP contribution is 2.43. The van der Waals surface area contributed by atoms with Crippen molar-refractivity contribution in [2.45, 2.75) is 57.9 Å². The molecule has 2 aromatic carbocycles. The van der Waals surface area contributed by atoms with Gasteiger partial charge in [-0.2, -0.15) is 13.2 Å². The average Bonchev–Trinajstić information content (AvgIpc) is 2.66. The maximum Gasteiger partial charge on any atom is 0.420 e. The minimum absolute atomic E-state index is 0.0773. The van der Waals surface area contributed by atoms with E-state index < -0.39 is 17.7 Å². The number of likely N-dealkylation sites (tertiary alicyclic amines) is 1. The Hall–Kier alpha value is -2.28. The SMILES string of the molecule is C[C@H]1CC[C@@H](Oc2ccc3cc(CN4CC(CC(=O)O)C4)ccc3c2C(F)(F)F)CC1. The Bertz CT molecular complexity index is 945. The molecule has 2 aliphatic rings. The molecule has 2 aromatic rings. The van der Waals surface area contributed by atoms with Gasteiger partial charge in [0.1, 0.15) is 11.3 Å². The zero-order chi connectivity index (χ0) is 22.2. The third-order valence-corrected chi connectivity index (χ3v) is 6.49. The van der Waals surface area contributed by atoms with E-state index >= 15 is 0 Å². The predicted octanol–water partition coefficient (Wildman–Crippen LogP) is 5.72. The van der Waals surface area contributed by atoms with Crippen molar-refractivity contribution in [1.29, 1.82) is 0 Å². The standard InChI is InChI=1S/C24H28F3NO3/c1-15-2-6-19(7-3-15)31-21-9-5-18-10-16(4-8-20(18)23(21)24(25,26)27)12-28-13-17(14-28)11-22(29)30/h4-5,8-10,15,17,19H,2-3,6-7,11-14H2,1H3,(H,29,30)/t15-,19+. The third-order valence-electron chi connectivity index (χ3n) is 6.49. The van der Waals surface area contributed by atoms with E-state index in [1.807, 2.05) is 0 Å². The first-order chi connectivity index (χ1) is 14.7. The van der Waals surface area contributed by atoms with Gasteiger partial charge in [0, 0.05) is 19.6 Å². The van der Waals surface area contributed by atoms with Crippen LogP contribution < -0.4 is 4.74 Å².